The molecule has 1 atom stereocenters. The number of carbonyl (C=O) groups excluding carboxylic acids is 1. The minimum absolute atomic E-state index is 0.0190. The molecule has 0 bridgehead atoms. The summed E-state index contributed by atoms with van der Waals surface area (Å²) in [5, 5.41) is 1.80. The number of hydrogen-bond acceptors (Lipinski definition) is 5. The van der Waals surface area contributed by atoms with Crippen LogP contribution in [0.1, 0.15) is 10.5 Å². The first-order valence-corrected chi connectivity index (χ1v) is 7.01. The van der Waals surface area contributed by atoms with Crippen LogP contribution in [-0.4, -0.2) is 67.6 Å². The Hall–Kier alpha value is -0.980. The van der Waals surface area contributed by atoms with E-state index in [-0.39, 0.29) is 5.91 Å². The fourth-order valence-corrected chi connectivity index (χ4v) is 2.70. The molecule has 100 valence electrons. The van der Waals surface area contributed by atoms with Gasteiger partial charge in [-0.2, -0.15) is 0 Å². The first-order chi connectivity index (χ1) is 8.66. The summed E-state index contributed by atoms with van der Waals surface area (Å²) in [6, 6.07) is 0. The first kappa shape index (κ1) is 13.5. The second kappa shape index (κ2) is 6.26. The van der Waals surface area contributed by atoms with Crippen molar-refractivity contribution in [3.05, 3.63) is 16.6 Å². The monoisotopic (exact) mass is 269 g/mol. The van der Waals surface area contributed by atoms with Crippen molar-refractivity contribution in [1.29, 1.82) is 0 Å². The van der Waals surface area contributed by atoms with Gasteiger partial charge in [0.2, 0.25) is 0 Å². The number of ether oxygens (including phenoxy) is 1. The lowest BCUT2D eigenvalue weighted by Crippen LogP contribution is -2.38. The van der Waals surface area contributed by atoms with Gasteiger partial charge in [0.25, 0.3) is 5.91 Å². The number of hydrogen-bond donors (Lipinski definition) is 0. The first-order valence-electron chi connectivity index (χ1n) is 6.06. The van der Waals surface area contributed by atoms with Gasteiger partial charge in [0, 0.05) is 30.9 Å². The van der Waals surface area contributed by atoms with E-state index in [0.29, 0.717) is 24.8 Å². The van der Waals surface area contributed by atoms with Crippen LogP contribution in [0.25, 0.3) is 0 Å². The van der Waals surface area contributed by atoms with Crippen molar-refractivity contribution in [3.63, 3.8) is 0 Å². The van der Waals surface area contributed by atoms with E-state index in [0.717, 1.165) is 19.7 Å². The summed E-state index contributed by atoms with van der Waals surface area (Å²) in [5.41, 5.74) is 2.24. The molecule has 0 unspecified atom stereocenters. The lowest BCUT2D eigenvalue weighted by atomic mass is 10.1. The predicted octanol–water partition coefficient (Wildman–Crippen LogP) is 0.793. The third-order valence-electron chi connectivity index (χ3n) is 2.90. The van der Waals surface area contributed by atoms with Crippen LogP contribution in [0.5, 0.6) is 0 Å². The van der Waals surface area contributed by atoms with Gasteiger partial charge in [0.1, 0.15) is 5.69 Å². The van der Waals surface area contributed by atoms with Crippen molar-refractivity contribution in [2.75, 3.05) is 46.9 Å². The molecule has 0 saturated carbocycles. The van der Waals surface area contributed by atoms with Gasteiger partial charge in [0.05, 0.1) is 18.7 Å². The lowest BCUT2D eigenvalue weighted by molar-refractivity contribution is 0.0730. The number of rotatable bonds is 3. The van der Waals surface area contributed by atoms with E-state index in [1.165, 1.54) is 11.3 Å². The second-order valence-corrected chi connectivity index (χ2v) is 5.55. The highest BCUT2D eigenvalue weighted by molar-refractivity contribution is 7.07. The summed E-state index contributed by atoms with van der Waals surface area (Å²) in [7, 11) is 4.08. The molecule has 2 heterocycles. The molecule has 1 saturated heterocycles. The zero-order chi connectivity index (χ0) is 13.0. The molecule has 0 N–H and O–H groups in total. The third-order valence-corrected chi connectivity index (χ3v) is 3.49. The molecule has 6 heteroatoms. The standard InChI is InChI=1S/C12H19N3O2S/c1-14(2)5-10-6-15(3-4-17-7-10)12(16)11-8-18-9-13-11/h8-10H,3-7H2,1-2H3/t10-/m1/s1. The summed E-state index contributed by atoms with van der Waals surface area (Å²) in [6.07, 6.45) is 0. The van der Waals surface area contributed by atoms with E-state index < -0.39 is 0 Å². The predicted molar refractivity (Wildman–Crippen MR) is 70.9 cm³/mol. The smallest absolute Gasteiger partial charge is 0.273 e. The van der Waals surface area contributed by atoms with Crippen LogP contribution in [0.2, 0.25) is 0 Å². The highest BCUT2D eigenvalue weighted by Gasteiger charge is 2.24. The van der Waals surface area contributed by atoms with Crippen molar-refractivity contribution in [2.45, 2.75) is 0 Å². The molecule has 5 nitrogen and oxygen atoms in total. The van der Waals surface area contributed by atoms with E-state index >= 15 is 0 Å². The Morgan fingerprint density at radius 3 is 3.17 bits per heavy atom. The third kappa shape index (κ3) is 3.51. The Kier molecular flexibility index (Phi) is 4.68. The van der Waals surface area contributed by atoms with Crippen molar-refractivity contribution < 1.29 is 9.53 Å². The Labute approximate surface area is 111 Å². The quantitative estimate of drug-likeness (QED) is 0.814. The van der Waals surface area contributed by atoms with Gasteiger partial charge in [0.15, 0.2) is 0 Å². The minimum atomic E-state index is 0.0190. The van der Waals surface area contributed by atoms with Crippen LogP contribution in [0.4, 0.5) is 0 Å². The number of carbonyl (C=O) groups is 1. The zero-order valence-electron chi connectivity index (χ0n) is 10.8. The maximum atomic E-state index is 12.2. The Morgan fingerprint density at radius 1 is 1.67 bits per heavy atom. The van der Waals surface area contributed by atoms with Gasteiger partial charge in [-0.15, -0.1) is 11.3 Å². The maximum Gasteiger partial charge on any atom is 0.273 e. The molecule has 1 amide bonds. The summed E-state index contributed by atoms with van der Waals surface area (Å²) < 4.78 is 5.57. The van der Waals surface area contributed by atoms with Crippen LogP contribution in [0.15, 0.2) is 10.9 Å². The average Bonchev–Trinajstić information content (AvgIpc) is 2.75. The highest BCUT2D eigenvalue weighted by atomic mass is 32.1. The van der Waals surface area contributed by atoms with Gasteiger partial charge in [-0.3, -0.25) is 4.79 Å². The Balaban J connectivity index is 2.00. The summed E-state index contributed by atoms with van der Waals surface area (Å²) in [6.45, 7) is 3.66. The largest absolute Gasteiger partial charge is 0.379 e. The van der Waals surface area contributed by atoms with Crippen molar-refractivity contribution in [2.24, 2.45) is 5.92 Å². The van der Waals surface area contributed by atoms with Crippen LogP contribution < -0.4 is 0 Å². The highest BCUT2D eigenvalue weighted by Crippen LogP contribution is 2.12. The summed E-state index contributed by atoms with van der Waals surface area (Å²) in [5.74, 6) is 0.385. The van der Waals surface area contributed by atoms with Crippen LogP contribution in [-0.2, 0) is 4.74 Å². The van der Waals surface area contributed by atoms with Gasteiger partial charge >= 0.3 is 0 Å². The zero-order valence-corrected chi connectivity index (χ0v) is 11.7. The lowest BCUT2D eigenvalue weighted by Gasteiger charge is -2.24. The number of aromatic nitrogens is 1. The van der Waals surface area contributed by atoms with E-state index in [4.69, 9.17) is 4.74 Å². The van der Waals surface area contributed by atoms with Gasteiger partial charge in [-0.25, -0.2) is 4.98 Å². The molecular formula is C12H19N3O2S. The van der Waals surface area contributed by atoms with Crippen LogP contribution in [0.3, 0.4) is 0 Å². The molecule has 0 aliphatic carbocycles. The van der Waals surface area contributed by atoms with E-state index in [1.54, 1.807) is 10.9 Å². The fraction of sp³-hybridized carbons (Fsp3) is 0.667. The Bertz CT molecular complexity index is 381. The number of amides is 1. The van der Waals surface area contributed by atoms with E-state index in [9.17, 15) is 4.79 Å². The van der Waals surface area contributed by atoms with Crippen molar-refractivity contribution >= 4 is 17.2 Å². The maximum absolute atomic E-state index is 12.2. The molecule has 1 aliphatic rings. The molecule has 1 fully saturated rings. The van der Waals surface area contributed by atoms with E-state index in [2.05, 4.69) is 9.88 Å². The molecule has 1 aromatic rings. The van der Waals surface area contributed by atoms with Gasteiger partial charge in [-0.05, 0) is 14.1 Å². The van der Waals surface area contributed by atoms with Crippen LogP contribution >= 0.6 is 11.3 Å². The molecule has 0 aromatic carbocycles. The molecule has 0 spiro atoms. The molecule has 1 aliphatic heterocycles. The van der Waals surface area contributed by atoms with E-state index in [1.807, 2.05) is 19.0 Å². The van der Waals surface area contributed by atoms with Gasteiger partial charge in [-0.1, -0.05) is 0 Å². The molecule has 1 aromatic heterocycles. The molecule has 0 radical (unpaired) electrons. The van der Waals surface area contributed by atoms with Crippen molar-refractivity contribution in [1.82, 2.24) is 14.8 Å². The molecule has 18 heavy (non-hydrogen) atoms. The normalized spacial score (nSPS) is 21.1. The molecule has 2 rings (SSSR count). The summed E-state index contributed by atoms with van der Waals surface area (Å²) in [4.78, 5) is 20.3. The average molecular weight is 269 g/mol. The number of nitrogens with zero attached hydrogens (tertiary/aromatic N) is 3. The van der Waals surface area contributed by atoms with Gasteiger partial charge < -0.3 is 14.5 Å². The SMILES string of the molecule is CN(C)C[C@H]1COCCN(C(=O)c2cscn2)C1. The fourth-order valence-electron chi connectivity index (χ4n) is 2.17. The van der Waals surface area contributed by atoms with Crippen LogP contribution in [0, 0.1) is 5.92 Å². The minimum Gasteiger partial charge on any atom is -0.379 e. The Morgan fingerprint density at radius 2 is 2.50 bits per heavy atom. The van der Waals surface area contributed by atoms with Crippen molar-refractivity contribution in [3.8, 4) is 0 Å². The molecular weight excluding hydrogens is 250 g/mol. The number of thiazole rings is 1. The second-order valence-electron chi connectivity index (χ2n) is 4.83. The summed E-state index contributed by atoms with van der Waals surface area (Å²) >= 11 is 1.45. The topological polar surface area (TPSA) is 45.7 Å².